The van der Waals surface area contributed by atoms with Crippen LogP contribution in [0.3, 0.4) is 0 Å². The summed E-state index contributed by atoms with van der Waals surface area (Å²) in [6.45, 7) is 8.75. The topological polar surface area (TPSA) is 106 Å². The Hall–Kier alpha value is -4.07. The van der Waals surface area contributed by atoms with Gasteiger partial charge in [0, 0.05) is 36.1 Å². The molecule has 0 spiro atoms. The lowest BCUT2D eigenvalue weighted by Crippen LogP contribution is -2.24. The van der Waals surface area contributed by atoms with Crippen molar-refractivity contribution in [2.75, 3.05) is 6.61 Å². The van der Waals surface area contributed by atoms with Gasteiger partial charge in [0.2, 0.25) is 0 Å². The molecule has 0 bridgehead atoms. The zero-order chi connectivity index (χ0) is 24.1. The van der Waals surface area contributed by atoms with Gasteiger partial charge in [0.1, 0.15) is 11.4 Å². The van der Waals surface area contributed by atoms with Crippen LogP contribution in [0.2, 0.25) is 0 Å². The van der Waals surface area contributed by atoms with Crippen LogP contribution in [-0.4, -0.2) is 37.7 Å². The van der Waals surface area contributed by atoms with Gasteiger partial charge in [-0.15, -0.1) is 0 Å². The molecule has 4 rings (SSSR count). The predicted molar refractivity (Wildman–Crippen MR) is 130 cm³/mol. The molecule has 8 heteroatoms. The van der Waals surface area contributed by atoms with E-state index in [0.29, 0.717) is 31.1 Å². The highest BCUT2D eigenvalue weighted by Crippen LogP contribution is 2.20. The Morgan fingerprint density at radius 1 is 1.03 bits per heavy atom. The molecule has 3 heterocycles. The van der Waals surface area contributed by atoms with E-state index in [0.717, 1.165) is 45.2 Å². The van der Waals surface area contributed by atoms with Crippen LogP contribution in [0.5, 0.6) is 5.75 Å². The molecular formula is C26H28N6O2. The van der Waals surface area contributed by atoms with Gasteiger partial charge in [0.05, 0.1) is 18.0 Å². The second kappa shape index (κ2) is 10.2. The van der Waals surface area contributed by atoms with Gasteiger partial charge >= 0.3 is 0 Å². The summed E-state index contributed by atoms with van der Waals surface area (Å²) in [7, 11) is 0. The molecule has 174 valence electrons. The Kier molecular flexibility index (Phi) is 6.96. The molecule has 0 fully saturated rings. The Labute approximate surface area is 198 Å². The van der Waals surface area contributed by atoms with E-state index in [1.54, 1.807) is 6.20 Å². The van der Waals surface area contributed by atoms with Crippen molar-refractivity contribution in [3.8, 4) is 17.1 Å². The van der Waals surface area contributed by atoms with Crippen LogP contribution in [0, 0.1) is 20.8 Å². The molecule has 0 atom stereocenters. The van der Waals surface area contributed by atoms with Crippen molar-refractivity contribution in [1.29, 1.82) is 0 Å². The molecule has 0 unspecified atom stereocenters. The van der Waals surface area contributed by atoms with E-state index in [-0.39, 0.29) is 5.91 Å². The zero-order valence-electron chi connectivity index (χ0n) is 19.8. The van der Waals surface area contributed by atoms with Gasteiger partial charge in [0.15, 0.2) is 5.82 Å². The van der Waals surface area contributed by atoms with E-state index in [1.165, 1.54) is 0 Å². The molecule has 1 amide bonds. The van der Waals surface area contributed by atoms with Crippen LogP contribution in [0.4, 0.5) is 0 Å². The summed E-state index contributed by atoms with van der Waals surface area (Å²) in [4.78, 5) is 26.4. The normalized spacial score (nSPS) is 10.8. The molecule has 3 aromatic heterocycles. The van der Waals surface area contributed by atoms with Gasteiger partial charge in [-0.3, -0.25) is 14.9 Å². The third-order valence-corrected chi connectivity index (χ3v) is 5.27. The fourth-order valence-corrected chi connectivity index (χ4v) is 3.68. The number of rotatable bonds is 8. The van der Waals surface area contributed by atoms with Crippen LogP contribution in [-0.2, 0) is 13.0 Å². The van der Waals surface area contributed by atoms with E-state index >= 15 is 0 Å². The number of hydrogen-bond donors (Lipinski definition) is 2. The smallest absolute Gasteiger partial charge is 0.270 e. The summed E-state index contributed by atoms with van der Waals surface area (Å²) in [6, 6.07) is 13.5. The molecule has 0 saturated carbocycles. The Balaban J connectivity index is 1.46. The lowest BCUT2D eigenvalue weighted by atomic mass is 10.1. The number of aromatic amines is 1. The minimum Gasteiger partial charge on any atom is -0.494 e. The van der Waals surface area contributed by atoms with Gasteiger partial charge in [0.25, 0.3) is 5.91 Å². The molecule has 4 aromatic rings. The summed E-state index contributed by atoms with van der Waals surface area (Å²) in [5.74, 6) is 1.17. The van der Waals surface area contributed by atoms with Gasteiger partial charge in [-0.05, 0) is 69.2 Å². The first-order valence-electron chi connectivity index (χ1n) is 11.2. The highest BCUT2D eigenvalue weighted by Gasteiger charge is 2.14. The number of pyridine rings is 1. The molecule has 34 heavy (non-hydrogen) atoms. The summed E-state index contributed by atoms with van der Waals surface area (Å²) in [5.41, 5.74) is 6.58. The molecule has 0 aliphatic heterocycles. The quantitative estimate of drug-likeness (QED) is 0.413. The maximum absolute atomic E-state index is 12.7. The minimum absolute atomic E-state index is 0.224. The van der Waals surface area contributed by atoms with Crippen molar-refractivity contribution in [3.63, 3.8) is 0 Å². The number of carbonyl (C=O) groups excluding carboxylic acids is 1. The molecule has 8 nitrogen and oxygen atoms in total. The van der Waals surface area contributed by atoms with Crippen LogP contribution in [0.25, 0.3) is 11.4 Å². The number of nitrogens with one attached hydrogen (secondary N) is 2. The van der Waals surface area contributed by atoms with Crippen molar-refractivity contribution in [2.45, 2.75) is 40.7 Å². The average molecular weight is 457 g/mol. The predicted octanol–water partition coefficient (Wildman–Crippen LogP) is 4.11. The third-order valence-electron chi connectivity index (χ3n) is 5.27. The number of amides is 1. The van der Waals surface area contributed by atoms with Crippen LogP contribution < -0.4 is 10.1 Å². The molecule has 0 aliphatic carbocycles. The van der Waals surface area contributed by atoms with Crippen molar-refractivity contribution in [1.82, 2.24) is 30.5 Å². The lowest BCUT2D eigenvalue weighted by molar-refractivity contribution is 0.0945. The van der Waals surface area contributed by atoms with Gasteiger partial charge < -0.3 is 10.1 Å². The van der Waals surface area contributed by atoms with E-state index < -0.39 is 0 Å². The van der Waals surface area contributed by atoms with E-state index in [2.05, 4.69) is 25.5 Å². The Bertz CT molecular complexity index is 1300. The first kappa shape index (κ1) is 23.1. The summed E-state index contributed by atoms with van der Waals surface area (Å²) in [6.07, 6.45) is 2.26. The van der Waals surface area contributed by atoms with Gasteiger partial charge in [-0.2, -0.15) is 5.10 Å². The molecule has 2 N–H and O–H groups in total. The SMILES string of the molecule is CCOc1ccc(CNC(=O)c2ncc(-c3nc(C)cc(Cc4cc(C)[nH]n4)n3)cc2C)cc1. The zero-order valence-corrected chi connectivity index (χ0v) is 19.8. The van der Waals surface area contributed by atoms with Crippen molar-refractivity contribution >= 4 is 5.91 Å². The summed E-state index contributed by atoms with van der Waals surface area (Å²) >= 11 is 0. The Morgan fingerprint density at radius 3 is 2.50 bits per heavy atom. The highest BCUT2D eigenvalue weighted by molar-refractivity contribution is 5.94. The molecule has 1 aromatic carbocycles. The van der Waals surface area contributed by atoms with E-state index in [4.69, 9.17) is 9.72 Å². The van der Waals surface area contributed by atoms with Crippen molar-refractivity contribution in [2.24, 2.45) is 0 Å². The number of aromatic nitrogens is 5. The molecular weight excluding hydrogens is 428 g/mol. The maximum Gasteiger partial charge on any atom is 0.270 e. The summed E-state index contributed by atoms with van der Waals surface area (Å²) in [5, 5.41) is 10.2. The maximum atomic E-state index is 12.7. The largest absolute Gasteiger partial charge is 0.494 e. The van der Waals surface area contributed by atoms with Crippen LogP contribution in [0.1, 0.15) is 51.3 Å². The van der Waals surface area contributed by atoms with E-state index in [9.17, 15) is 4.79 Å². The van der Waals surface area contributed by atoms with Gasteiger partial charge in [-0.1, -0.05) is 12.1 Å². The monoisotopic (exact) mass is 456 g/mol. The minimum atomic E-state index is -0.224. The number of ether oxygens (including phenoxy) is 1. The highest BCUT2D eigenvalue weighted by atomic mass is 16.5. The third kappa shape index (κ3) is 5.64. The number of aryl methyl sites for hydroxylation is 3. The standard InChI is InChI=1S/C26H28N6O2/c1-5-34-23-8-6-19(7-9-23)14-28-26(33)24-16(2)10-20(15-27-24)25-29-17(3)11-21(30-25)13-22-12-18(4)31-32-22/h6-12,15H,5,13-14H2,1-4H3,(H,28,33)(H,31,32). The van der Waals surface area contributed by atoms with E-state index in [1.807, 2.05) is 70.2 Å². The number of hydrogen-bond acceptors (Lipinski definition) is 6. The molecule has 0 radical (unpaired) electrons. The van der Waals surface area contributed by atoms with Crippen LogP contribution in [0.15, 0.2) is 48.7 Å². The number of nitrogens with zero attached hydrogens (tertiary/aromatic N) is 4. The Morgan fingerprint density at radius 2 is 1.82 bits per heavy atom. The second-order valence-corrected chi connectivity index (χ2v) is 8.19. The summed E-state index contributed by atoms with van der Waals surface area (Å²) < 4.78 is 5.45. The molecule has 0 aliphatic rings. The molecule has 0 saturated heterocycles. The van der Waals surface area contributed by atoms with Gasteiger partial charge in [-0.25, -0.2) is 9.97 Å². The number of carbonyl (C=O) groups is 1. The van der Waals surface area contributed by atoms with Crippen molar-refractivity contribution in [3.05, 3.63) is 88.3 Å². The number of H-pyrrole nitrogens is 1. The fourth-order valence-electron chi connectivity index (χ4n) is 3.68. The second-order valence-electron chi connectivity index (χ2n) is 8.19. The first-order chi connectivity index (χ1) is 16.4. The average Bonchev–Trinajstić information content (AvgIpc) is 3.22. The first-order valence-corrected chi connectivity index (χ1v) is 11.2. The van der Waals surface area contributed by atoms with Crippen molar-refractivity contribution < 1.29 is 9.53 Å². The fraction of sp³-hybridized carbons (Fsp3) is 0.269. The number of benzene rings is 1. The van der Waals surface area contributed by atoms with Crippen LogP contribution >= 0.6 is 0 Å². The lowest BCUT2D eigenvalue weighted by Gasteiger charge is -2.10.